The second kappa shape index (κ2) is 3.74. The van der Waals surface area contributed by atoms with Crippen LogP contribution in [0.15, 0.2) is 30.8 Å². The smallest absolute Gasteiger partial charge is 0.335 e. The maximum absolute atomic E-state index is 10.5. The molecule has 0 saturated carbocycles. The maximum atomic E-state index is 10.5. The van der Waals surface area contributed by atoms with Crippen LogP contribution in [0.25, 0.3) is 5.57 Å². The molecule has 0 spiro atoms. The molecule has 1 rings (SSSR count). The first-order valence-corrected chi connectivity index (χ1v) is 3.78. The number of hydrogen-bond acceptors (Lipinski definition) is 2. The molecule has 0 aliphatic carbocycles. The molecule has 0 saturated heterocycles. The molecular formula is C10H8O4. The van der Waals surface area contributed by atoms with Gasteiger partial charge in [-0.3, -0.25) is 0 Å². The Balaban J connectivity index is 3.00. The molecule has 0 aliphatic heterocycles. The van der Waals surface area contributed by atoms with E-state index < -0.39 is 11.9 Å². The highest BCUT2D eigenvalue weighted by Gasteiger charge is 2.08. The van der Waals surface area contributed by atoms with Gasteiger partial charge in [-0.25, -0.2) is 9.59 Å². The summed E-state index contributed by atoms with van der Waals surface area (Å²) in [5.41, 5.74) is 0.469. The summed E-state index contributed by atoms with van der Waals surface area (Å²) in [5, 5.41) is 17.2. The minimum atomic E-state index is -1.12. The molecule has 1 aromatic carbocycles. The van der Waals surface area contributed by atoms with Crippen LogP contribution in [0.1, 0.15) is 15.9 Å². The molecule has 4 nitrogen and oxygen atoms in total. The van der Waals surface area contributed by atoms with Crippen molar-refractivity contribution < 1.29 is 19.8 Å². The number of carbonyl (C=O) groups is 2. The SMILES string of the molecule is C=C(C(=O)O)c1ccc(C(=O)O)cc1. The molecule has 0 unspecified atom stereocenters. The van der Waals surface area contributed by atoms with Crippen molar-refractivity contribution in [3.05, 3.63) is 42.0 Å². The zero-order chi connectivity index (χ0) is 10.7. The van der Waals surface area contributed by atoms with Gasteiger partial charge in [-0.05, 0) is 17.7 Å². The van der Waals surface area contributed by atoms with Gasteiger partial charge >= 0.3 is 11.9 Å². The van der Waals surface area contributed by atoms with Gasteiger partial charge in [0, 0.05) is 0 Å². The lowest BCUT2D eigenvalue weighted by Crippen LogP contribution is -2.00. The molecule has 2 N–H and O–H groups in total. The Kier molecular flexibility index (Phi) is 2.67. The third-order valence-corrected chi connectivity index (χ3v) is 1.74. The van der Waals surface area contributed by atoms with Gasteiger partial charge in [-0.1, -0.05) is 18.7 Å². The Morgan fingerprint density at radius 3 is 1.79 bits per heavy atom. The van der Waals surface area contributed by atoms with E-state index in [1.807, 2.05) is 0 Å². The van der Waals surface area contributed by atoms with E-state index >= 15 is 0 Å². The molecule has 0 aliphatic rings. The topological polar surface area (TPSA) is 74.6 Å². The molecule has 0 bridgehead atoms. The molecule has 0 amide bonds. The average Bonchev–Trinajstić information content (AvgIpc) is 2.16. The van der Waals surface area contributed by atoms with Gasteiger partial charge in [0.1, 0.15) is 0 Å². The summed E-state index contributed by atoms with van der Waals surface area (Å²) in [6, 6.07) is 5.51. The Labute approximate surface area is 80.1 Å². The second-order valence-electron chi connectivity index (χ2n) is 2.67. The van der Waals surface area contributed by atoms with Gasteiger partial charge in [-0.15, -0.1) is 0 Å². The van der Waals surface area contributed by atoms with Crippen LogP contribution in [0.5, 0.6) is 0 Å². The van der Waals surface area contributed by atoms with Crippen LogP contribution in [0, 0.1) is 0 Å². The van der Waals surface area contributed by atoms with Gasteiger partial charge in [-0.2, -0.15) is 0 Å². The first-order chi connectivity index (χ1) is 6.52. The Hall–Kier alpha value is -2.10. The molecule has 0 radical (unpaired) electrons. The van der Waals surface area contributed by atoms with Gasteiger partial charge < -0.3 is 10.2 Å². The van der Waals surface area contributed by atoms with E-state index in [1.165, 1.54) is 24.3 Å². The fourth-order valence-corrected chi connectivity index (χ4v) is 0.937. The monoisotopic (exact) mass is 192 g/mol. The highest BCUT2D eigenvalue weighted by atomic mass is 16.4. The summed E-state index contributed by atoms with van der Waals surface area (Å²) in [7, 11) is 0. The Morgan fingerprint density at radius 2 is 1.43 bits per heavy atom. The van der Waals surface area contributed by atoms with Crippen molar-refractivity contribution in [3.63, 3.8) is 0 Å². The van der Waals surface area contributed by atoms with Crippen LogP contribution in [0.4, 0.5) is 0 Å². The van der Waals surface area contributed by atoms with Crippen LogP contribution < -0.4 is 0 Å². The van der Waals surface area contributed by atoms with Gasteiger partial charge in [0.15, 0.2) is 0 Å². The van der Waals surface area contributed by atoms with Gasteiger partial charge in [0.25, 0.3) is 0 Å². The normalized spacial score (nSPS) is 9.43. The number of hydrogen-bond donors (Lipinski definition) is 2. The maximum Gasteiger partial charge on any atom is 0.335 e. The summed E-state index contributed by atoms with van der Waals surface area (Å²) in [5.74, 6) is -2.16. The molecule has 14 heavy (non-hydrogen) atoms. The van der Waals surface area contributed by atoms with E-state index in [0.717, 1.165) is 0 Å². The van der Waals surface area contributed by atoms with Crippen LogP contribution in [-0.4, -0.2) is 22.2 Å². The van der Waals surface area contributed by atoms with Crippen LogP contribution in [0.2, 0.25) is 0 Å². The Morgan fingerprint density at radius 1 is 1.00 bits per heavy atom. The fourth-order valence-electron chi connectivity index (χ4n) is 0.937. The lowest BCUT2D eigenvalue weighted by atomic mass is 10.1. The molecule has 0 aromatic heterocycles. The largest absolute Gasteiger partial charge is 0.478 e. The lowest BCUT2D eigenvalue weighted by Gasteiger charge is -2.00. The summed E-state index contributed by atoms with van der Waals surface area (Å²) >= 11 is 0. The van der Waals surface area contributed by atoms with Gasteiger partial charge in [0.2, 0.25) is 0 Å². The number of aromatic carboxylic acids is 1. The predicted octanol–water partition coefficient (Wildman–Crippen LogP) is 1.48. The van der Waals surface area contributed by atoms with E-state index in [1.54, 1.807) is 0 Å². The molecule has 4 heteroatoms. The van der Waals surface area contributed by atoms with E-state index in [-0.39, 0.29) is 11.1 Å². The van der Waals surface area contributed by atoms with Crippen LogP contribution in [0.3, 0.4) is 0 Å². The molecule has 72 valence electrons. The summed E-state index contributed by atoms with van der Waals surface area (Å²) in [4.78, 5) is 21.0. The van der Waals surface area contributed by atoms with Crippen LogP contribution >= 0.6 is 0 Å². The standard InChI is InChI=1S/C10H8O4/c1-6(9(11)12)7-2-4-8(5-3-7)10(13)14/h2-5H,1H2,(H,11,12)(H,13,14). The van der Waals surface area contributed by atoms with E-state index in [2.05, 4.69) is 6.58 Å². The number of carboxylic acid groups (broad SMARTS) is 2. The zero-order valence-electron chi connectivity index (χ0n) is 7.23. The van der Waals surface area contributed by atoms with E-state index in [0.29, 0.717) is 5.56 Å². The predicted molar refractivity (Wildman–Crippen MR) is 50.1 cm³/mol. The molecular weight excluding hydrogens is 184 g/mol. The zero-order valence-corrected chi connectivity index (χ0v) is 7.23. The van der Waals surface area contributed by atoms with Crippen molar-refractivity contribution in [2.75, 3.05) is 0 Å². The second-order valence-corrected chi connectivity index (χ2v) is 2.67. The third kappa shape index (κ3) is 1.98. The summed E-state index contributed by atoms with van der Waals surface area (Å²) in [6.45, 7) is 3.35. The molecule has 0 atom stereocenters. The number of carboxylic acids is 2. The molecule has 0 heterocycles. The first-order valence-electron chi connectivity index (χ1n) is 3.78. The third-order valence-electron chi connectivity index (χ3n) is 1.74. The van der Waals surface area contributed by atoms with Crippen molar-refractivity contribution in [2.24, 2.45) is 0 Å². The average molecular weight is 192 g/mol. The van der Waals surface area contributed by atoms with Crippen LogP contribution in [-0.2, 0) is 4.79 Å². The van der Waals surface area contributed by atoms with Crippen molar-refractivity contribution in [1.82, 2.24) is 0 Å². The van der Waals surface area contributed by atoms with Crippen molar-refractivity contribution in [2.45, 2.75) is 0 Å². The minimum Gasteiger partial charge on any atom is -0.478 e. The van der Waals surface area contributed by atoms with E-state index in [4.69, 9.17) is 10.2 Å². The number of rotatable bonds is 3. The number of aliphatic carboxylic acids is 1. The highest BCUT2D eigenvalue weighted by molar-refractivity contribution is 6.14. The van der Waals surface area contributed by atoms with Gasteiger partial charge in [0.05, 0.1) is 11.1 Å². The molecule has 1 aromatic rings. The van der Waals surface area contributed by atoms with E-state index in [9.17, 15) is 9.59 Å². The quantitative estimate of drug-likeness (QED) is 0.711. The van der Waals surface area contributed by atoms with Crippen molar-refractivity contribution in [1.29, 1.82) is 0 Å². The Bertz CT molecular complexity index is 389. The summed E-state index contributed by atoms with van der Waals surface area (Å²) < 4.78 is 0. The molecule has 0 fully saturated rings. The summed E-state index contributed by atoms with van der Waals surface area (Å²) in [6.07, 6.45) is 0. The van der Waals surface area contributed by atoms with Crippen molar-refractivity contribution in [3.8, 4) is 0 Å². The lowest BCUT2D eigenvalue weighted by molar-refractivity contribution is -0.130. The fraction of sp³-hybridized carbons (Fsp3) is 0. The highest BCUT2D eigenvalue weighted by Crippen LogP contribution is 2.13. The number of benzene rings is 1. The van der Waals surface area contributed by atoms with Crippen molar-refractivity contribution >= 4 is 17.5 Å². The first kappa shape index (κ1) is 9.98. The minimum absolute atomic E-state index is 0.0538.